The molecule has 28 heavy (non-hydrogen) atoms. The lowest BCUT2D eigenvalue weighted by atomic mass is 10.2. The summed E-state index contributed by atoms with van der Waals surface area (Å²) in [6.45, 7) is 0.357. The SMILES string of the molecule is O=C(CCSc1nnc(-c2ccc(Br)cc2)o1)NC(=O)NCc1ccccc1. The molecule has 0 spiro atoms. The molecule has 3 amide bonds. The lowest BCUT2D eigenvalue weighted by Crippen LogP contribution is -2.39. The Bertz CT molecular complexity index is 932. The molecule has 9 heteroatoms. The summed E-state index contributed by atoms with van der Waals surface area (Å²) in [6.07, 6.45) is 0.152. The van der Waals surface area contributed by atoms with Crippen molar-refractivity contribution in [3.8, 4) is 11.5 Å². The van der Waals surface area contributed by atoms with E-state index in [2.05, 4.69) is 36.8 Å². The van der Waals surface area contributed by atoms with Crippen molar-refractivity contribution in [2.24, 2.45) is 0 Å². The van der Waals surface area contributed by atoms with E-state index >= 15 is 0 Å². The molecule has 0 fully saturated rings. The maximum Gasteiger partial charge on any atom is 0.321 e. The van der Waals surface area contributed by atoms with Crippen LogP contribution in [0.1, 0.15) is 12.0 Å². The minimum absolute atomic E-state index is 0.152. The highest BCUT2D eigenvalue weighted by atomic mass is 79.9. The van der Waals surface area contributed by atoms with E-state index in [4.69, 9.17) is 4.42 Å². The number of aromatic nitrogens is 2. The zero-order chi connectivity index (χ0) is 19.8. The number of urea groups is 1. The zero-order valence-corrected chi connectivity index (χ0v) is 17.1. The largest absolute Gasteiger partial charge is 0.411 e. The second-order valence-corrected chi connectivity index (χ2v) is 7.66. The van der Waals surface area contributed by atoms with Crippen LogP contribution >= 0.6 is 27.7 Å². The van der Waals surface area contributed by atoms with Crippen LogP contribution in [0, 0.1) is 0 Å². The number of halogens is 1. The number of amides is 3. The third-order valence-corrected chi connectivity index (χ3v) is 4.95. The highest BCUT2D eigenvalue weighted by molar-refractivity contribution is 9.10. The second kappa shape index (κ2) is 10.0. The van der Waals surface area contributed by atoms with Gasteiger partial charge in [-0.15, -0.1) is 10.2 Å². The standard InChI is InChI=1S/C19H17BrN4O3S/c20-15-8-6-14(7-9-15)17-23-24-19(27-17)28-11-10-16(25)22-18(26)21-12-13-4-2-1-3-5-13/h1-9H,10-12H2,(H2,21,22,25,26). The Balaban J connectivity index is 1.38. The molecule has 0 saturated heterocycles. The molecule has 1 aromatic heterocycles. The number of thioether (sulfide) groups is 1. The molecule has 0 aliphatic heterocycles. The van der Waals surface area contributed by atoms with Gasteiger partial charge in [-0.05, 0) is 29.8 Å². The van der Waals surface area contributed by atoms with Gasteiger partial charge in [-0.25, -0.2) is 4.79 Å². The van der Waals surface area contributed by atoms with Crippen molar-refractivity contribution in [1.29, 1.82) is 0 Å². The van der Waals surface area contributed by atoms with E-state index < -0.39 is 6.03 Å². The Hall–Kier alpha value is -2.65. The number of imide groups is 1. The van der Waals surface area contributed by atoms with Crippen LogP contribution in [-0.2, 0) is 11.3 Å². The first-order chi connectivity index (χ1) is 13.6. The average molecular weight is 461 g/mol. The Labute approximate surface area is 174 Å². The van der Waals surface area contributed by atoms with E-state index in [0.29, 0.717) is 23.4 Å². The maximum absolute atomic E-state index is 11.9. The predicted molar refractivity (Wildman–Crippen MR) is 110 cm³/mol. The Kier molecular flexibility index (Phi) is 7.21. The summed E-state index contributed by atoms with van der Waals surface area (Å²) < 4.78 is 6.54. The minimum atomic E-state index is -0.519. The fourth-order valence-corrected chi connectivity index (χ4v) is 3.18. The molecule has 0 unspecified atom stereocenters. The number of carbonyl (C=O) groups excluding carboxylic acids is 2. The van der Waals surface area contributed by atoms with Gasteiger partial charge in [0.15, 0.2) is 0 Å². The van der Waals surface area contributed by atoms with E-state index in [-0.39, 0.29) is 12.3 Å². The van der Waals surface area contributed by atoms with E-state index in [0.717, 1.165) is 15.6 Å². The fourth-order valence-electron chi connectivity index (χ4n) is 2.22. The van der Waals surface area contributed by atoms with Gasteiger partial charge in [-0.2, -0.15) is 0 Å². The summed E-state index contributed by atoms with van der Waals surface area (Å²) in [5.41, 5.74) is 1.77. The van der Waals surface area contributed by atoms with Crippen LogP contribution in [0.3, 0.4) is 0 Å². The monoisotopic (exact) mass is 460 g/mol. The highest BCUT2D eigenvalue weighted by Crippen LogP contribution is 2.24. The van der Waals surface area contributed by atoms with Crippen LogP contribution in [0.4, 0.5) is 4.79 Å². The molecule has 0 aliphatic carbocycles. The molecule has 2 aromatic carbocycles. The van der Waals surface area contributed by atoms with Crippen molar-refractivity contribution < 1.29 is 14.0 Å². The Morgan fingerprint density at radius 3 is 2.54 bits per heavy atom. The molecule has 3 rings (SSSR count). The summed E-state index contributed by atoms with van der Waals surface area (Å²) in [7, 11) is 0. The van der Waals surface area contributed by atoms with Gasteiger partial charge in [-0.3, -0.25) is 10.1 Å². The van der Waals surface area contributed by atoms with Gasteiger partial charge in [-0.1, -0.05) is 58.0 Å². The van der Waals surface area contributed by atoms with Crippen LogP contribution in [0.15, 0.2) is 68.7 Å². The summed E-state index contributed by atoms with van der Waals surface area (Å²) in [5.74, 6) is 0.463. The lowest BCUT2D eigenvalue weighted by Gasteiger charge is -2.06. The van der Waals surface area contributed by atoms with Crippen LogP contribution < -0.4 is 10.6 Å². The van der Waals surface area contributed by atoms with E-state index in [9.17, 15) is 9.59 Å². The lowest BCUT2D eigenvalue weighted by molar-refractivity contribution is -0.119. The van der Waals surface area contributed by atoms with Gasteiger partial charge in [0, 0.05) is 28.8 Å². The van der Waals surface area contributed by atoms with Crippen molar-refractivity contribution in [3.05, 3.63) is 64.6 Å². The summed E-state index contributed by atoms with van der Waals surface area (Å²) in [5, 5.41) is 13.3. The Morgan fingerprint density at radius 2 is 1.79 bits per heavy atom. The first kappa shape index (κ1) is 20.1. The average Bonchev–Trinajstić information content (AvgIpc) is 3.16. The van der Waals surface area contributed by atoms with Crippen molar-refractivity contribution in [2.75, 3.05) is 5.75 Å². The number of rotatable bonds is 7. The van der Waals surface area contributed by atoms with E-state index in [1.165, 1.54) is 11.8 Å². The minimum Gasteiger partial charge on any atom is -0.411 e. The van der Waals surface area contributed by atoms with Crippen LogP contribution in [0.25, 0.3) is 11.5 Å². The fraction of sp³-hybridized carbons (Fsp3) is 0.158. The van der Waals surface area contributed by atoms with Crippen molar-refractivity contribution in [2.45, 2.75) is 18.2 Å². The van der Waals surface area contributed by atoms with Gasteiger partial charge in [0.1, 0.15) is 0 Å². The third kappa shape index (κ3) is 6.21. The number of nitrogens with one attached hydrogen (secondary N) is 2. The molecule has 2 N–H and O–H groups in total. The number of benzene rings is 2. The van der Waals surface area contributed by atoms with Gasteiger partial charge >= 0.3 is 6.03 Å². The zero-order valence-electron chi connectivity index (χ0n) is 14.7. The van der Waals surface area contributed by atoms with Gasteiger partial charge in [0.05, 0.1) is 0 Å². The first-order valence-corrected chi connectivity index (χ1v) is 10.2. The molecule has 3 aromatic rings. The third-order valence-electron chi connectivity index (χ3n) is 3.60. The maximum atomic E-state index is 11.9. The Morgan fingerprint density at radius 1 is 1.04 bits per heavy atom. The van der Waals surface area contributed by atoms with Crippen molar-refractivity contribution >= 4 is 39.6 Å². The molecular formula is C19H17BrN4O3S. The quantitative estimate of drug-likeness (QED) is 0.517. The molecule has 0 atom stereocenters. The summed E-state index contributed by atoms with van der Waals surface area (Å²) in [4.78, 5) is 23.6. The molecule has 1 heterocycles. The molecule has 0 bridgehead atoms. The van der Waals surface area contributed by atoms with Crippen molar-refractivity contribution in [3.63, 3.8) is 0 Å². The van der Waals surface area contributed by atoms with Crippen molar-refractivity contribution in [1.82, 2.24) is 20.8 Å². The van der Waals surface area contributed by atoms with Gasteiger partial charge in [0.2, 0.25) is 11.8 Å². The first-order valence-electron chi connectivity index (χ1n) is 8.44. The molecule has 0 aliphatic rings. The van der Waals surface area contributed by atoms with E-state index in [1.807, 2.05) is 54.6 Å². The molecular weight excluding hydrogens is 444 g/mol. The smallest absolute Gasteiger partial charge is 0.321 e. The summed E-state index contributed by atoms with van der Waals surface area (Å²) >= 11 is 4.63. The number of hydrogen-bond acceptors (Lipinski definition) is 6. The number of carbonyl (C=O) groups is 2. The molecule has 0 saturated carbocycles. The van der Waals surface area contributed by atoms with Crippen LogP contribution in [0.5, 0.6) is 0 Å². The number of hydrogen-bond donors (Lipinski definition) is 2. The van der Waals surface area contributed by atoms with E-state index in [1.54, 1.807) is 0 Å². The predicted octanol–water partition coefficient (Wildman–Crippen LogP) is 4.01. The topological polar surface area (TPSA) is 97.1 Å². The van der Waals surface area contributed by atoms with Gasteiger partial charge in [0.25, 0.3) is 5.22 Å². The van der Waals surface area contributed by atoms with Gasteiger partial charge < -0.3 is 9.73 Å². The molecule has 7 nitrogen and oxygen atoms in total. The molecule has 144 valence electrons. The van der Waals surface area contributed by atoms with Crippen LogP contribution in [0.2, 0.25) is 0 Å². The normalized spacial score (nSPS) is 10.5. The highest BCUT2D eigenvalue weighted by Gasteiger charge is 2.11. The second-order valence-electron chi connectivity index (χ2n) is 5.69. The summed E-state index contributed by atoms with van der Waals surface area (Å²) in [6, 6.07) is 16.5. The number of nitrogens with zero attached hydrogens (tertiary/aromatic N) is 2. The van der Waals surface area contributed by atoms with Crippen LogP contribution in [-0.4, -0.2) is 27.9 Å². The molecule has 0 radical (unpaired) electrons.